The Kier molecular flexibility index (Phi) is 5.17. The summed E-state index contributed by atoms with van der Waals surface area (Å²) in [5.41, 5.74) is 4.36. The van der Waals surface area contributed by atoms with Gasteiger partial charge in [-0.25, -0.2) is 4.98 Å². The van der Waals surface area contributed by atoms with Crippen LogP contribution >= 0.6 is 0 Å². The number of benzene rings is 1. The summed E-state index contributed by atoms with van der Waals surface area (Å²) in [7, 11) is 3.58. The molecule has 0 spiro atoms. The number of rotatable bonds is 6. The Bertz CT molecular complexity index is 594. The molecule has 112 valence electrons. The molecule has 4 nitrogen and oxygen atoms in total. The lowest BCUT2D eigenvalue weighted by molar-refractivity contribution is 0.288. The van der Waals surface area contributed by atoms with Crippen LogP contribution < -0.4 is 14.8 Å². The molecule has 1 N–H and O–H groups in total. The highest BCUT2D eigenvalue weighted by Gasteiger charge is 2.10. The first-order valence-electron chi connectivity index (χ1n) is 7.01. The van der Waals surface area contributed by atoms with Crippen molar-refractivity contribution in [3.05, 3.63) is 52.7 Å². The van der Waals surface area contributed by atoms with E-state index < -0.39 is 0 Å². The van der Waals surface area contributed by atoms with Gasteiger partial charge in [0.05, 0.1) is 7.11 Å². The van der Waals surface area contributed by atoms with Gasteiger partial charge in [-0.3, -0.25) is 0 Å². The predicted octanol–water partition coefficient (Wildman–Crippen LogP) is 3.01. The summed E-state index contributed by atoms with van der Waals surface area (Å²) in [4.78, 5) is 4.51. The second-order valence-corrected chi connectivity index (χ2v) is 5.03. The summed E-state index contributed by atoms with van der Waals surface area (Å²) in [5, 5.41) is 3.16. The molecule has 2 aromatic rings. The summed E-state index contributed by atoms with van der Waals surface area (Å²) in [6.45, 7) is 5.31. The van der Waals surface area contributed by atoms with Gasteiger partial charge in [0, 0.05) is 17.8 Å². The van der Waals surface area contributed by atoms with Crippen molar-refractivity contribution < 1.29 is 9.47 Å². The molecule has 1 aromatic heterocycles. The number of nitrogens with zero attached hydrogens (tertiary/aromatic N) is 1. The van der Waals surface area contributed by atoms with E-state index in [9.17, 15) is 0 Å². The third-order valence-corrected chi connectivity index (χ3v) is 3.33. The number of hydrogen-bond donors (Lipinski definition) is 1. The maximum Gasteiger partial charge on any atom is 0.218 e. The average Bonchev–Trinajstić information content (AvgIpc) is 2.48. The molecule has 0 radical (unpaired) electrons. The highest BCUT2D eigenvalue weighted by Crippen LogP contribution is 2.22. The molecule has 1 heterocycles. The fourth-order valence-electron chi connectivity index (χ4n) is 2.21. The Labute approximate surface area is 126 Å². The van der Waals surface area contributed by atoms with Crippen molar-refractivity contribution >= 4 is 0 Å². The van der Waals surface area contributed by atoms with E-state index in [0.717, 1.165) is 29.1 Å². The molecule has 4 heteroatoms. The van der Waals surface area contributed by atoms with E-state index in [1.54, 1.807) is 7.11 Å². The summed E-state index contributed by atoms with van der Waals surface area (Å²) in [6.07, 6.45) is 0. The van der Waals surface area contributed by atoms with E-state index in [-0.39, 0.29) is 0 Å². The molecule has 0 atom stereocenters. The summed E-state index contributed by atoms with van der Waals surface area (Å²) in [5.74, 6) is 1.55. The van der Waals surface area contributed by atoms with Crippen LogP contribution in [-0.4, -0.2) is 19.1 Å². The van der Waals surface area contributed by atoms with E-state index in [1.165, 1.54) is 5.56 Å². The second-order valence-electron chi connectivity index (χ2n) is 5.03. The summed E-state index contributed by atoms with van der Waals surface area (Å²) < 4.78 is 11.1. The smallest absolute Gasteiger partial charge is 0.218 e. The minimum atomic E-state index is 0.497. The highest BCUT2D eigenvalue weighted by atomic mass is 16.5. The Hall–Kier alpha value is -2.07. The standard InChI is InChI=1S/C17H22N2O2/c1-12-9-13(2)19-17(16(12)10-18-3)21-11-14-5-7-15(20-4)8-6-14/h5-9,18H,10-11H2,1-4H3. The Morgan fingerprint density at radius 1 is 1.14 bits per heavy atom. The van der Waals surface area contributed by atoms with Gasteiger partial charge in [-0.1, -0.05) is 12.1 Å². The summed E-state index contributed by atoms with van der Waals surface area (Å²) in [6, 6.07) is 9.94. The van der Waals surface area contributed by atoms with Crippen LogP contribution in [0.4, 0.5) is 0 Å². The van der Waals surface area contributed by atoms with Gasteiger partial charge >= 0.3 is 0 Å². The lowest BCUT2D eigenvalue weighted by Gasteiger charge is -2.14. The maximum atomic E-state index is 5.92. The number of nitrogens with one attached hydrogen (secondary N) is 1. The second kappa shape index (κ2) is 7.09. The molecule has 0 saturated carbocycles. The Morgan fingerprint density at radius 2 is 1.86 bits per heavy atom. The number of hydrogen-bond acceptors (Lipinski definition) is 4. The lowest BCUT2D eigenvalue weighted by Crippen LogP contribution is -2.11. The first-order valence-corrected chi connectivity index (χ1v) is 7.01. The van der Waals surface area contributed by atoms with Crippen LogP contribution in [0, 0.1) is 13.8 Å². The largest absolute Gasteiger partial charge is 0.497 e. The van der Waals surface area contributed by atoms with Gasteiger partial charge in [-0.05, 0) is 50.2 Å². The molecule has 2 rings (SSSR count). The molecule has 1 aromatic carbocycles. The fraction of sp³-hybridized carbons (Fsp3) is 0.353. The SMILES string of the molecule is CNCc1c(C)cc(C)nc1OCc1ccc(OC)cc1. The van der Waals surface area contributed by atoms with Gasteiger partial charge in [-0.2, -0.15) is 0 Å². The van der Waals surface area contributed by atoms with E-state index in [1.807, 2.05) is 38.2 Å². The van der Waals surface area contributed by atoms with Crippen molar-refractivity contribution in [2.45, 2.75) is 27.0 Å². The zero-order valence-corrected chi connectivity index (χ0v) is 13.1. The van der Waals surface area contributed by atoms with Gasteiger partial charge in [0.25, 0.3) is 0 Å². The third-order valence-electron chi connectivity index (χ3n) is 3.33. The monoisotopic (exact) mass is 286 g/mol. The van der Waals surface area contributed by atoms with Crippen LogP contribution in [0.1, 0.15) is 22.4 Å². The van der Waals surface area contributed by atoms with Gasteiger partial charge in [-0.15, -0.1) is 0 Å². The van der Waals surface area contributed by atoms with Crippen LogP contribution in [-0.2, 0) is 13.2 Å². The van der Waals surface area contributed by atoms with Crippen LogP contribution in [0.3, 0.4) is 0 Å². The van der Waals surface area contributed by atoms with Gasteiger partial charge in [0.15, 0.2) is 0 Å². The molecule has 0 unspecified atom stereocenters. The van der Waals surface area contributed by atoms with Gasteiger partial charge in [0.2, 0.25) is 5.88 Å². The molecule has 0 bridgehead atoms. The lowest BCUT2D eigenvalue weighted by atomic mass is 10.1. The highest BCUT2D eigenvalue weighted by molar-refractivity contribution is 5.36. The van der Waals surface area contributed by atoms with Crippen molar-refractivity contribution in [1.29, 1.82) is 0 Å². The summed E-state index contributed by atoms with van der Waals surface area (Å²) >= 11 is 0. The Morgan fingerprint density at radius 3 is 2.48 bits per heavy atom. The van der Waals surface area contributed by atoms with Crippen LogP contribution in [0.15, 0.2) is 30.3 Å². The van der Waals surface area contributed by atoms with Crippen molar-refractivity contribution in [1.82, 2.24) is 10.3 Å². The Balaban J connectivity index is 2.14. The predicted molar refractivity (Wildman–Crippen MR) is 83.8 cm³/mol. The molecular formula is C17H22N2O2. The average molecular weight is 286 g/mol. The maximum absolute atomic E-state index is 5.92. The molecule has 0 fully saturated rings. The van der Waals surface area contributed by atoms with Crippen LogP contribution in [0.2, 0.25) is 0 Å². The van der Waals surface area contributed by atoms with Crippen molar-refractivity contribution in [3.63, 3.8) is 0 Å². The molecular weight excluding hydrogens is 264 g/mol. The zero-order valence-electron chi connectivity index (χ0n) is 13.1. The minimum absolute atomic E-state index is 0.497. The normalized spacial score (nSPS) is 10.5. The van der Waals surface area contributed by atoms with Crippen LogP contribution in [0.25, 0.3) is 0 Å². The number of aromatic nitrogens is 1. The van der Waals surface area contributed by atoms with E-state index >= 15 is 0 Å². The van der Waals surface area contributed by atoms with Gasteiger partial charge in [0.1, 0.15) is 12.4 Å². The van der Waals surface area contributed by atoms with E-state index in [2.05, 4.69) is 23.3 Å². The minimum Gasteiger partial charge on any atom is -0.497 e. The molecule has 0 aliphatic carbocycles. The van der Waals surface area contributed by atoms with E-state index in [4.69, 9.17) is 9.47 Å². The molecule has 0 amide bonds. The zero-order chi connectivity index (χ0) is 15.2. The topological polar surface area (TPSA) is 43.4 Å². The fourth-order valence-corrected chi connectivity index (χ4v) is 2.21. The molecule has 0 saturated heterocycles. The number of ether oxygens (including phenoxy) is 2. The van der Waals surface area contributed by atoms with Crippen molar-refractivity contribution in [3.8, 4) is 11.6 Å². The molecule has 21 heavy (non-hydrogen) atoms. The van der Waals surface area contributed by atoms with E-state index in [0.29, 0.717) is 12.5 Å². The first-order chi connectivity index (χ1) is 10.1. The molecule has 0 aliphatic heterocycles. The molecule has 0 aliphatic rings. The third kappa shape index (κ3) is 3.95. The first kappa shape index (κ1) is 15.3. The van der Waals surface area contributed by atoms with Crippen molar-refractivity contribution in [2.24, 2.45) is 0 Å². The van der Waals surface area contributed by atoms with Crippen LogP contribution in [0.5, 0.6) is 11.6 Å². The van der Waals surface area contributed by atoms with Gasteiger partial charge < -0.3 is 14.8 Å². The number of aryl methyl sites for hydroxylation is 2. The quantitative estimate of drug-likeness (QED) is 0.886. The number of methoxy groups -OCH3 is 1. The number of pyridine rings is 1. The van der Waals surface area contributed by atoms with Crippen molar-refractivity contribution in [2.75, 3.05) is 14.2 Å².